The smallest absolute Gasteiger partial charge is 0.327 e. The second-order valence-corrected chi connectivity index (χ2v) is 17.1. The van der Waals surface area contributed by atoms with E-state index in [1.807, 2.05) is 0 Å². The predicted octanol–water partition coefficient (Wildman–Crippen LogP) is -5.74. The highest BCUT2D eigenvalue weighted by Crippen LogP contribution is 2.09. The highest BCUT2D eigenvalue weighted by Gasteiger charge is 2.35. The predicted molar refractivity (Wildman–Crippen MR) is 261 cm³/mol. The summed E-state index contributed by atoms with van der Waals surface area (Å²) in [5, 5.41) is 29.4. The topological polar surface area (TPSA) is 468 Å². The maximum absolute atomic E-state index is 14.5. The Kier molecular flexibility index (Phi) is 20.3. The number of imidazole rings is 6. The first-order valence-electron chi connectivity index (χ1n) is 22.9. The fraction of sp³-hybridized carbons (Fsp3) is 0.372. The monoisotopic (exact) mass is 1060 g/mol. The van der Waals surface area contributed by atoms with E-state index in [2.05, 4.69) is 115 Å². The van der Waals surface area contributed by atoms with Gasteiger partial charge in [0.15, 0.2) is 0 Å². The van der Waals surface area contributed by atoms with E-state index in [1.54, 1.807) is 0 Å². The van der Waals surface area contributed by atoms with Gasteiger partial charge in [-0.25, -0.2) is 34.7 Å². The van der Waals surface area contributed by atoms with Crippen LogP contribution in [0.1, 0.15) is 34.2 Å². The Bertz CT molecular complexity index is 2770. The molecule has 7 atom stereocenters. The number of thiol groups is 1. The van der Waals surface area contributed by atoms with Crippen LogP contribution in [0.25, 0.3) is 0 Å². The number of amides is 8. The molecule has 32 heteroatoms. The van der Waals surface area contributed by atoms with Crippen molar-refractivity contribution in [2.24, 2.45) is 5.73 Å². The number of aliphatic carboxylic acids is 1. The Labute approximate surface area is 430 Å². The molecule has 0 unspecified atom stereocenters. The molecule has 8 amide bonds. The van der Waals surface area contributed by atoms with Crippen molar-refractivity contribution in [1.29, 1.82) is 0 Å². The molecular weight excluding hydrogens is 1000 g/mol. The standard InChI is InChI=1S/C43H55N21O10S/c44-28(1-22-7-45-16-53-22)37(67)60-30(3-24-9-47-18-55-24)39(69)62-32(5-26-11-49-20-57-26)41(71)64-33(6-27-12-50-21-58-27)42(72)63-31(4-25-10-48-19-56-25)40(70)61-29(2-23-8-46-17-54-23)38(68)52-13-35(65)51-14-36(66)59-34(15-75)43(73)74/h7-12,16-21,28-34,75H,1-6,13-15,44H2,(H,45,53)(H,46,54)(H,47,55)(H,48,56)(H,49,57)(H,50,58)(H,51,65)(H,52,68)(H,59,66)(H,60,67)(H,61,70)(H,62,69)(H,63,72)(H,64,71)(H,73,74)/t28-,29-,30-,31-,32-,33-,34-/m0/s1. The number of carboxylic acid groups (broad SMARTS) is 1. The highest BCUT2D eigenvalue weighted by atomic mass is 32.1. The Balaban J connectivity index is 1.18. The maximum Gasteiger partial charge on any atom is 0.327 e. The molecule has 6 aromatic rings. The van der Waals surface area contributed by atoms with E-state index in [0.29, 0.717) is 34.2 Å². The molecule has 398 valence electrons. The fourth-order valence-electron chi connectivity index (χ4n) is 7.18. The number of aromatic nitrogens is 12. The lowest BCUT2D eigenvalue weighted by atomic mass is 10.0. The van der Waals surface area contributed by atoms with Crippen LogP contribution >= 0.6 is 12.6 Å². The van der Waals surface area contributed by atoms with E-state index >= 15 is 0 Å². The average molecular weight is 1060 g/mol. The number of nitrogens with two attached hydrogens (primary N) is 1. The number of hydrogen-bond acceptors (Lipinski definition) is 17. The summed E-state index contributed by atoms with van der Waals surface area (Å²) in [5.41, 5.74) is 8.82. The van der Waals surface area contributed by atoms with Gasteiger partial charge in [0, 0.05) is 116 Å². The van der Waals surface area contributed by atoms with Crippen LogP contribution in [-0.2, 0) is 81.7 Å². The molecule has 75 heavy (non-hydrogen) atoms. The third-order valence-corrected chi connectivity index (χ3v) is 11.4. The third-order valence-electron chi connectivity index (χ3n) is 11.1. The lowest BCUT2D eigenvalue weighted by Crippen LogP contribution is -2.61. The second-order valence-electron chi connectivity index (χ2n) is 16.7. The largest absolute Gasteiger partial charge is 0.480 e. The van der Waals surface area contributed by atoms with Crippen LogP contribution in [-0.4, -0.2) is 179 Å². The summed E-state index contributed by atoms with van der Waals surface area (Å²) in [5.74, 6) is -8.16. The summed E-state index contributed by atoms with van der Waals surface area (Å²) in [7, 11) is 0. The molecule has 6 rings (SSSR count). The van der Waals surface area contributed by atoms with Crippen molar-refractivity contribution in [3.05, 3.63) is 109 Å². The molecule has 6 aromatic heterocycles. The second kappa shape index (κ2) is 27.6. The van der Waals surface area contributed by atoms with E-state index in [9.17, 15) is 43.2 Å². The van der Waals surface area contributed by atoms with Crippen molar-refractivity contribution in [1.82, 2.24) is 102 Å². The van der Waals surface area contributed by atoms with Crippen LogP contribution in [0.2, 0.25) is 0 Å². The lowest BCUT2D eigenvalue weighted by Gasteiger charge is -2.27. The molecule has 17 N–H and O–H groups in total. The molecular formula is C43H55N21O10S. The van der Waals surface area contributed by atoms with Crippen LogP contribution in [0.15, 0.2) is 75.1 Å². The minimum atomic E-state index is -1.46. The van der Waals surface area contributed by atoms with E-state index in [1.165, 1.54) is 75.1 Å². The Hall–Kier alpha value is -9.20. The van der Waals surface area contributed by atoms with Crippen molar-refractivity contribution < 1.29 is 48.3 Å². The quantitative estimate of drug-likeness (QED) is 0.0187. The van der Waals surface area contributed by atoms with E-state index < -0.39 is 109 Å². The molecule has 0 bridgehead atoms. The van der Waals surface area contributed by atoms with Gasteiger partial charge in [-0.2, -0.15) is 12.6 Å². The van der Waals surface area contributed by atoms with Gasteiger partial charge in [0.2, 0.25) is 47.3 Å². The zero-order chi connectivity index (χ0) is 53.7. The zero-order valence-corrected chi connectivity index (χ0v) is 40.6. The third kappa shape index (κ3) is 17.5. The number of carboxylic acids is 1. The van der Waals surface area contributed by atoms with Gasteiger partial charge in [0.1, 0.15) is 36.3 Å². The summed E-state index contributed by atoms with van der Waals surface area (Å²) in [6, 6.07) is -9.43. The first-order valence-corrected chi connectivity index (χ1v) is 23.6. The molecule has 0 radical (unpaired) electrons. The fourth-order valence-corrected chi connectivity index (χ4v) is 7.43. The van der Waals surface area contributed by atoms with Crippen molar-refractivity contribution in [2.45, 2.75) is 80.8 Å². The minimum Gasteiger partial charge on any atom is -0.480 e. The number of H-pyrrole nitrogens is 6. The molecule has 31 nitrogen and oxygen atoms in total. The minimum absolute atomic E-state index is 0.0720. The number of carbonyl (C=O) groups is 9. The summed E-state index contributed by atoms with van der Waals surface area (Å²) in [6.07, 6.45) is 16.0. The first-order chi connectivity index (χ1) is 36.1. The van der Waals surface area contributed by atoms with Crippen molar-refractivity contribution in [3.63, 3.8) is 0 Å². The van der Waals surface area contributed by atoms with Gasteiger partial charge in [-0.3, -0.25) is 38.4 Å². The van der Waals surface area contributed by atoms with Crippen LogP contribution in [0.5, 0.6) is 0 Å². The molecule has 0 saturated heterocycles. The summed E-state index contributed by atoms with van der Waals surface area (Å²) in [6.45, 7) is -1.28. The number of nitrogens with one attached hydrogen (secondary N) is 14. The molecule has 0 fully saturated rings. The van der Waals surface area contributed by atoms with Gasteiger partial charge < -0.3 is 83.3 Å². The van der Waals surface area contributed by atoms with Gasteiger partial charge >= 0.3 is 5.97 Å². The van der Waals surface area contributed by atoms with E-state index in [4.69, 9.17) is 10.8 Å². The zero-order valence-electron chi connectivity index (χ0n) is 39.7. The summed E-state index contributed by atoms with van der Waals surface area (Å²) < 4.78 is 0. The van der Waals surface area contributed by atoms with Crippen molar-refractivity contribution >= 4 is 65.9 Å². The number of hydrogen-bond donors (Lipinski definition) is 17. The molecule has 0 saturated carbocycles. The molecule has 0 spiro atoms. The van der Waals surface area contributed by atoms with Crippen LogP contribution in [0, 0.1) is 0 Å². The van der Waals surface area contributed by atoms with Gasteiger partial charge in [0.25, 0.3) is 0 Å². The highest BCUT2D eigenvalue weighted by molar-refractivity contribution is 7.80. The van der Waals surface area contributed by atoms with Gasteiger partial charge in [0.05, 0.1) is 57.1 Å². The molecule has 0 aromatic carbocycles. The van der Waals surface area contributed by atoms with E-state index in [-0.39, 0.29) is 44.3 Å². The van der Waals surface area contributed by atoms with Gasteiger partial charge in [-0.15, -0.1) is 0 Å². The number of carbonyl (C=O) groups excluding carboxylic acids is 8. The molecule has 0 aliphatic rings. The first kappa shape index (κ1) is 55.1. The molecule has 6 heterocycles. The summed E-state index contributed by atoms with van der Waals surface area (Å²) >= 11 is 3.88. The number of rotatable bonds is 30. The Morgan fingerprint density at radius 3 is 1.00 bits per heavy atom. The Morgan fingerprint density at radius 2 is 0.707 bits per heavy atom. The summed E-state index contributed by atoms with van der Waals surface area (Å²) in [4.78, 5) is 162. The van der Waals surface area contributed by atoms with Crippen LogP contribution in [0.3, 0.4) is 0 Å². The van der Waals surface area contributed by atoms with Crippen molar-refractivity contribution in [3.8, 4) is 0 Å². The number of aromatic amines is 6. The van der Waals surface area contributed by atoms with Gasteiger partial charge in [-0.05, 0) is 0 Å². The Morgan fingerprint density at radius 1 is 0.413 bits per heavy atom. The average Bonchev–Trinajstić information content (AvgIpc) is 4.25. The van der Waals surface area contributed by atoms with Crippen molar-refractivity contribution in [2.75, 3.05) is 18.8 Å². The molecule has 0 aliphatic carbocycles. The SMILES string of the molecule is N[C@@H](Cc1cnc[nH]1)C(=O)N[C@@H](Cc1cnc[nH]1)C(=O)N[C@@H](Cc1cnc[nH]1)C(=O)N[C@@H](Cc1cnc[nH]1)C(=O)N[C@@H](Cc1cnc[nH]1)C(=O)N[C@@H](Cc1cnc[nH]1)C(=O)NCC(=O)NCC(=O)N[C@@H](CS)C(=O)O. The van der Waals surface area contributed by atoms with E-state index in [0.717, 1.165) is 0 Å². The maximum atomic E-state index is 14.5. The normalized spacial score (nSPS) is 13.8. The molecule has 0 aliphatic heterocycles. The van der Waals surface area contributed by atoms with Crippen LogP contribution in [0.4, 0.5) is 0 Å². The van der Waals surface area contributed by atoms with Crippen LogP contribution < -0.4 is 48.3 Å². The lowest BCUT2D eigenvalue weighted by molar-refractivity contribution is -0.141. The number of nitrogens with zero attached hydrogens (tertiary/aromatic N) is 6. The van der Waals surface area contributed by atoms with Gasteiger partial charge in [-0.1, -0.05) is 0 Å².